The second-order valence-electron chi connectivity index (χ2n) is 6.01. The van der Waals surface area contributed by atoms with Crippen LogP contribution in [0.2, 0.25) is 0 Å². The number of amides is 1. The molecule has 3 N–H and O–H groups in total. The Hall–Kier alpha value is -1.37. The number of anilines is 1. The van der Waals surface area contributed by atoms with Gasteiger partial charge in [0.1, 0.15) is 17.7 Å². The molecule has 0 saturated carbocycles. The Morgan fingerprint density at radius 2 is 2.27 bits per heavy atom. The molecule has 2 aromatic rings. The van der Waals surface area contributed by atoms with Crippen LogP contribution < -0.4 is 15.5 Å². The third-order valence-electron chi connectivity index (χ3n) is 4.67. The first-order valence-electron chi connectivity index (χ1n) is 7.77. The van der Waals surface area contributed by atoms with E-state index in [1.165, 1.54) is 20.9 Å². The summed E-state index contributed by atoms with van der Waals surface area (Å²) in [6.45, 7) is 7.67. The zero-order valence-corrected chi connectivity index (χ0v) is 14.4. The van der Waals surface area contributed by atoms with Crippen LogP contribution in [0.15, 0.2) is 11.4 Å². The number of fused-ring (bicyclic) bond motifs is 3. The van der Waals surface area contributed by atoms with Gasteiger partial charge >= 0.3 is 0 Å². The maximum Gasteiger partial charge on any atom is 0.256 e. The van der Waals surface area contributed by atoms with Crippen LogP contribution in [0.3, 0.4) is 0 Å². The van der Waals surface area contributed by atoms with Crippen molar-refractivity contribution in [3.63, 3.8) is 0 Å². The van der Waals surface area contributed by atoms with Crippen LogP contribution in [0.1, 0.15) is 44.3 Å². The predicted molar refractivity (Wildman–Crippen MR) is 91.0 cm³/mol. The lowest BCUT2D eigenvalue weighted by molar-refractivity contribution is -0.913. The third kappa shape index (κ3) is 2.17. The molecular weight excluding hydrogens is 314 g/mol. The van der Waals surface area contributed by atoms with Gasteiger partial charge in [-0.25, -0.2) is 0 Å². The predicted octanol–water partition coefficient (Wildman–Crippen LogP) is 1.93. The molecule has 1 unspecified atom stereocenters. The van der Waals surface area contributed by atoms with Gasteiger partial charge in [0.2, 0.25) is 0 Å². The van der Waals surface area contributed by atoms with Gasteiger partial charge in [-0.2, -0.15) is 0 Å². The van der Waals surface area contributed by atoms with Crippen molar-refractivity contribution in [2.24, 2.45) is 0 Å². The number of rotatable bonds is 2. The van der Waals surface area contributed by atoms with Crippen molar-refractivity contribution in [2.75, 3.05) is 18.4 Å². The molecule has 0 bridgehead atoms. The van der Waals surface area contributed by atoms with E-state index in [1.807, 2.05) is 0 Å². The number of aryl methyl sites for hydroxylation is 1. The Balaban J connectivity index is 1.69. The SMILES string of the molecule is CC[NH+]1CCc2c(sc3c2C(=O)N[C@@H](c2sccc2C)N3)C1. The molecule has 2 aliphatic rings. The van der Waals surface area contributed by atoms with E-state index in [0.717, 1.165) is 36.6 Å². The molecule has 0 radical (unpaired) electrons. The van der Waals surface area contributed by atoms with Gasteiger partial charge in [0.15, 0.2) is 0 Å². The molecular formula is C16H20N3OS2+. The Morgan fingerprint density at radius 1 is 1.41 bits per heavy atom. The molecule has 2 aromatic heterocycles. The first kappa shape index (κ1) is 14.2. The molecule has 0 fully saturated rings. The van der Waals surface area contributed by atoms with Gasteiger partial charge in [0, 0.05) is 11.3 Å². The maximum absolute atomic E-state index is 12.6. The quantitative estimate of drug-likeness (QED) is 0.786. The lowest BCUT2D eigenvalue weighted by Gasteiger charge is -2.27. The smallest absolute Gasteiger partial charge is 0.256 e. The average molecular weight is 334 g/mol. The number of hydrogen-bond acceptors (Lipinski definition) is 4. The second-order valence-corrected chi connectivity index (χ2v) is 8.06. The molecule has 1 amide bonds. The van der Waals surface area contributed by atoms with E-state index < -0.39 is 0 Å². The summed E-state index contributed by atoms with van der Waals surface area (Å²) in [5.74, 6) is 0.0870. The molecule has 0 aliphatic carbocycles. The molecule has 22 heavy (non-hydrogen) atoms. The highest BCUT2D eigenvalue weighted by atomic mass is 32.1. The summed E-state index contributed by atoms with van der Waals surface area (Å²) in [5, 5.41) is 9.82. The van der Waals surface area contributed by atoms with Crippen molar-refractivity contribution in [1.82, 2.24) is 5.32 Å². The van der Waals surface area contributed by atoms with Crippen LogP contribution in [0.5, 0.6) is 0 Å². The van der Waals surface area contributed by atoms with Gasteiger partial charge in [0.05, 0.1) is 23.5 Å². The number of carbonyl (C=O) groups is 1. The van der Waals surface area contributed by atoms with Crippen LogP contribution in [0.25, 0.3) is 0 Å². The van der Waals surface area contributed by atoms with Crippen molar-refractivity contribution in [2.45, 2.75) is 33.0 Å². The summed E-state index contributed by atoms with van der Waals surface area (Å²) in [5.41, 5.74) is 3.42. The normalized spacial score (nSPS) is 23.5. The van der Waals surface area contributed by atoms with Gasteiger partial charge in [-0.05, 0) is 36.4 Å². The minimum Gasteiger partial charge on any atom is -0.352 e. The van der Waals surface area contributed by atoms with E-state index in [9.17, 15) is 4.79 Å². The number of nitrogens with one attached hydrogen (secondary N) is 3. The fraction of sp³-hybridized carbons (Fsp3) is 0.438. The topological polar surface area (TPSA) is 45.6 Å². The van der Waals surface area contributed by atoms with Gasteiger partial charge in [0.25, 0.3) is 5.91 Å². The Bertz CT molecular complexity index is 734. The number of quaternary nitrogens is 1. The second kappa shape index (κ2) is 5.37. The largest absolute Gasteiger partial charge is 0.352 e. The van der Waals surface area contributed by atoms with Gasteiger partial charge in [-0.3, -0.25) is 4.79 Å². The van der Waals surface area contributed by atoms with E-state index in [0.29, 0.717) is 0 Å². The van der Waals surface area contributed by atoms with Crippen LogP contribution in [0.4, 0.5) is 5.00 Å². The summed E-state index contributed by atoms with van der Waals surface area (Å²) in [6.07, 6.45) is 0.928. The third-order valence-corrected chi connectivity index (χ3v) is 6.92. The minimum atomic E-state index is -0.0882. The van der Waals surface area contributed by atoms with Crippen molar-refractivity contribution in [1.29, 1.82) is 0 Å². The lowest BCUT2D eigenvalue weighted by Crippen LogP contribution is -3.11. The van der Waals surface area contributed by atoms with Gasteiger partial charge in [-0.1, -0.05) is 0 Å². The number of thiophene rings is 2. The van der Waals surface area contributed by atoms with Crippen LogP contribution in [0, 0.1) is 6.92 Å². The fourth-order valence-electron chi connectivity index (χ4n) is 3.36. The zero-order chi connectivity index (χ0) is 15.3. The van der Waals surface area contributed by atoms with E-state index in [2.05, 4.69) is 35.9 Å². The Morgan fingerprint density at radius 3 is 3.00 bits per heavy atom. The fourth-order valence-corrected chi connectivity index (χ4v) is 5.63. The molecule has 2 atom stereocenters. The summed E-state index contributed by atoms with van der Waals surface area (Å²) >= 11 is 3.47. The minimum absolute atomic E-state index is 0.0870. The Labute approximate surface area is 138 Å². The zero-order valence-electron chi connectivity index (χ0n) is 12.8. The van der Waals surface area contributed by atoms with Gasteiger partial charge in [-0.15, -0.1) is 22.7 Å². The summed E-state index contributed by atoms with van der Waals surface area (Å²) < 4.78 is 0. The summed E-state index contributed by atoms with van der Waals surface area (Å²) in [7, 11) is 0. The molecule has 4 nitrogen and oxygen atoms in total. The highest BCUT2D eigenvalue weighted by Gasteiger charge is 2.34. The maximum atomic E-state index is 12.6. The monoisotopic (exact) mass is 334 g/mol. The average Bonchev–Trinajstić information content (AvgIpc) is 3.09. The molecule has 6 heteroatoms. The van der Waals surface area contributed by atoms with E-state index in [-0.39, 0.29) is 12.1 Å². The van der Waals surface area contributed by atoms with Crippen molar-refractivity contribution in [3.05, 3.63) is 37.9 Å². The first-order chi connectivity index (χ1) is 10.7. The molecule has 0 spiro atoms. The lowest BCUT2D eigenvalue weighted by atomic mass is 10.0. The van der Waals surface area contributed by atoms with Crippen LogP contribution in [-0.2, 0) is 13.0 Å². The van der Waals surface area contributed by atoms with Crippen molar-refractivity contribution >= 4 is 33.6 Å². The molecule has 116 valence electrons. The molecule has 0 aromatic carbocycles. The highest BCUT2D eigenvalue weighted by Crippen LogP contribution is 2.40. The number of carbonyl (C=O) groups excluding carboxylic acids is 1. The van der Waals surface area contributed by atoms with Crippen LogP contribution >= 0.6 is 22.7 Å². The standard InChI is InChI=1S/C16H19N3OS2/c1-3-19-6-4-10-11(8-19)22-16-12(10)15(20)17-14(18-16)13-9(2)5-7-21-13/h5,7,14,18H,3-4,6,8H2,1-2H3,(H,17,20)/p+1/t14-/m1/s1. The van der Waals surface area contributed by atoms with Crippen LogP contribution in [-0.4, -0.2) is 19.0 Å². The first-order valence-corrected chi connectivity index (χ1v) is 9.46. The highest BCUT2D eigenvalue weighted by molar-refractivity contribution is 7.16. The van der Waals surface area contributed by atoms with Gasteiger partial charge < -0.3 is 15.5 Å². The van der Waals surface area contributed by atoms with E-state index >= 15 is 0 Å². The van der Waals surface area contributed by atoms with Crippen molar-refractivity contribution < 1.29 is 9.69 Å². The number of likely N-dealkylation sites (N-methyl/N-ethyl adjacent to an activating group) is 1. The molecule has 2 aliphatic heterocycles. The van der Waals surface area contributed by atoms with E-state index in [4.69, 9.17) is 0 Å². The summed E-state index contributed by atoms with van der Waals surface area (Å²) in [4.78, 5) is 16.8. The molecule has 0 saturated heterocycles. The van der Waals surface area contributed by atoms with Crippen molar-refractivity contribution in [3.8, 4) is 0 Å². The summed E-state index contributed by atoms with van der Waals surface area (Å²) in [6, 6.07) is 2.10. The Kier molecular flexibility index (Phi) is 3.47. The van der Waals surface area contributed by atoms with E-state index in [1.54, 1.807) is 27.6 Å². The number of hydrogen-bond donors (Lipinski definition) is 3. The molecule has 4 rings (SSSR count). The molecule has 4 heterocycles.